The van der Waals surface area contributed by atoms with Crippen molar-refractivity contribution < 1.29 is 14.6 Å². The van der Waals surface area contributed by atoms with Crippen LogP contribution in [0.15, 0.2) is 42.5 Å². The lowest BCUT2D eigenvalue weighted by atomic mass is 10.0. The van der Waals surface area contributed by atoms with Crippen LogP contribution in [0, 0.1) is 0 Å². The normalized spacial score (nSPS) is 18.4. The monoisotopic (exact) mass is 415 g/mol. The molecule has 29 heavy (non-hydrogen) atoms. The van der Waals surface area contributed by atoms with E-state index in [1.165, 1.54) is 11.1 Å². The van der Waals surface area contributed by atoms with Crippen molar-refractivity contribution in [2.24, 2.45) is 0 Å². The average molecular weight is 416 g/mol. The van der Waals surface area contributed by atoms with Gasteiger partial charge in [-0.2, -0.15) is 0 Å². The number of ether oxygens (including phenoxy) is 1. The molecule has 0 spiro atoms. The molecule has 2 aromatic rings. The highest BCUT2D eigenvalue weighted by Crippen LogP contribution is 2.26. The molecule has 2 N–H and O–H groups in total. The number of aliphatic hydroxyl groups excluding tert-OH is 1. The molecule has 5 heteroatoms. The molecule has 1 aliphatic carbocycles. The highest BCUT2D eigenvalue weighted by molar-refractivity contribution is 6.30. The van der Waals surface area contributed by atoms with Crippen LogP contribution in [0.3, 0.4) is 0 Å². The molecular weight excluding hydrogens is 386 g/mol. The Morgan fingerprint density at radius 1 is 1.28 bits per heavy atom. The number of halogens is 1. The van der Waals surface area contributed by atoms with Gasteiger partial charge in [-0.15, -0.1) is 0 Å². The molecule has 0 fully saturated rings. The summed E-state index contributed by atoms with van der Waals surface area (Å²) >= 11 is 6.03. The van der Waals surface area contributed by atoms with Crippen molar-refractivity contribution in [1.29, 1.82) is 0 Å². The number of carbonyl (C=O) groups is 1. The van der Waals surface area contributed by atoms with Gasteiger partial charge in [0.1, 0.15) is 5.75 Å². The predicted octanol–water partition coefficient (Wildman–Crippen LogP) is 4.66. The van der Waals surface area contributed by atoms with Crippen molar-refractivity contribution in [1.82, 2.24) is 5.32 Å². The van der Waals surface area contributed by atoms with E-state index in [2.05, 4.69) is 17.4 Å². The minimum atomic E-state index is -0.591. The van der Waals surface area contributed by atoms with Crippen LogP contribution >= 0.6 is 11.6 Å². The Kier molecular flexibility index (Phi) is 7.70. The Hall–Kier alpha value is -1.88. The van der Waals surface area contributed by atoms with Crippen molar-refractivity contribution in [3.8, 4) is 5.75 Å². The lowest BCUT2D eigenvalue weighted by Crippen LogP contribution is -2.34. The molecule has 3 atom stereocenters. The summed E-state index contributed by atoms with van der Waals surface area (Å²) in [5, 5.41) is 14.6. The van der Waals surface area contributed by atoms with Gasteiger partial charge in [0.25, 0.3) is 0 Å². The van der Waals surface area contributed by atoms with Crippen LogP contribution in [0.1, 0.15) is 55.9 Å². The number of Topliss-reactive ketones (excluding diaryl/α,β-unsaturated/α-hetero) is 1. The van der Waals surface area contributed by atoms with Gasteiger partial charge < -0.3 is 15.2 Å². The van der Waals surface area contributed by atoms with Crippen LogP contribution in [0.25, 0.3) is 0 Å². The number of hydrogen-bond acceptors (Lipinski definition) is 4. The van der Waals surface area contributed by atoms with Gasteiger partial charge in [0.15, 0.2) is 11.9 Å². The Bertz CT molecular complexity index is 839. The lowest BCUT2D eigenvalue weighted by molar-refractivity contribution is -0.123. The van der Waals surface area contributed by atoms with Gasteiger partial charge in [-0.1, -0.05) is 36.7 Å². The van der Waals surface area contributed by atoms with Gasteiger partial charge in [-0.25, -0.2) is 0 Å². The van der Waals surface area contributed by atoms with Crippen LogP contribution in [0.2, 0.25) is 5.02 Å². The standard InChI is InChI=1S/C24H30ClNO3/c1-3-24(16(2)27)29-22-11-10-17-6-5-9-21(13-19(17)14-22)26-15-23(28)18-7-4-8-20(25)12-18/h4,7-8,10-12,14,21,23-24,26,28H,3,5-6,9,13,15H2,1-2H3. The molecule has 0 saturated carbocycles. The number of ketones is 1. The summed E-state index contributed by atoms with van der Waals surface area (Å²) in [5.41, 5.74) is 3.42. The minimum Gasteiger partial charge on any atom is -0.483 e. The van der Waals surface area contributed by atoms with Gasteiger partial charge in [-0.3, -0.25) is 4.79 Å². The first-order chi connectivity index (χ1) is 14.0. The molecule has 0 radical (unpaired) electrons. The van der Waals surface area contributed by atoms with E-state index < -0.39 is 6.10 Å². The zero-order chi connectivity index (χ0) is 20.8. The Balaban J connectivity index is 1.64. The van der Waals surface area contributed by atoms with Gasteiger partial charge in [0, 0.05) is 17.6 Å². The molecule has 1 aliphatic rings. The van der Waals surface area contributed by atoms with E-state index in [0.29, 0.717) is 18.0 Å². The molecule has 2 aromatic carbocycles. The maximum absolute atomic E-state index is 11.7. The lowest BCUT2D eigenvalue weighted by Gasteiger charge is -2.21. The zero-order valence-electron chi connectivity index (χ0n) is 17.2. The van der Waals surface area contributed by atoms with Gasteiger partial charge in [0.2, 0.25) is 0 Å². The number of rotatable bonds is 8. The van der Waals surface area contributed by atoms with Crippen LogP contribution in [0.5, 0.6) is 5.75 Å². The quantitative estimate of drug-likeness (QED) is 0.616. The summed E-state index contributed by atoms with van der Waals surface area (Å²) in [5.74, 6) is 0.808. The number of aryl methyl sites for hydroxylation is 1. The fourth-order valence-electron chi connectivity index (χ4n) is 3.92. The molecule has 0 heterocycles. The Labute approximate surface area is 178 Å². The largest absolute Gasteiger partial charge is 0.483 e. The summed E-state index contributed by atoms with van der Waals surface area (Å²) in [6.45, 7) is 4.02. The summed E-state index contributed by atoms with van der Waals surface area (Å²) in [4.78, 5) is 11.7. The predicted molar refractivity (Wildman–Crippen MR) is 117 cm³/mol. The molecule has 3 unspecified atom stereocenters. The third-order valence-electron chi connectivity index (χ3n) is 5.58. The molecular formula is C24H30ClNO3. The van der Waals surface area contributed by atoms with Gasteiger partial charge in [0.05, 0.1) is 6.10 Å². The smallest absolute Gasteiger partial charge is 0.170 e. The van der Waals surface area contributed by atoms with Crippen LogP contribution in [-0.2, 0) is 17.6 Å². The summed E-state index contributed by atoms with van der Waals surface area (Å²) < 4.78 is 5.91. The fourth-order valence-corrected chi connectivity index (χ4v) is 4.12. The maximum Gasteiger partial charge on any atom is 0.170 e. The van der Waals surface area contributed by atoms with Gasteiger partial charge >= 0.3 is 0 Å². The van der Waals surface area contributed by atoms with Crippen molar-refractivity contribution in [2.45, 2.75) is 64.2 Å². The Morgan fingerprint density at radius 2 is 2.10 bits per heavy atom. The highest BCUT2D eigenvalue weighted by atomic mass is 35.5. The zero-order valence-corrected chi connectivity index (χ0v) is 17.9. The first-order valence-corrected chi connectivity index (χ1v) is 10.8. The molecule has 156 valence electrons. The molecule has 4 nitrogen and oxygen atoms in total. The second-order valence-electron chi connectivity index (χ2n) is 7.83. The molecule has 3 rings (SSSR count). The molecule has 0 bridgehead atoms. The van der Waals surface area contributed by atoms with E-state index in [4.69, 9.17) is 16.3 Å². The van der Waals surface area contributed by atoms with Crippen LogP contribution in [0.4, 0.5) is 0 Å². The molecule has 0 aromatic heterocycles. The summed E-state index contributed by atoms with van der Waals surface area (Å²) in [7, 11) is 0. The first kappa shape index (κ1) is 21.8. The van der Waals surface area contributed by atoms with E-state index in [1.807, 2.05) is 31.2 Å². The number of fused-ring (bicyclic) bond motifs is 1. The third-order valence-corrected chi connectivity index (χ3v) is 5.81. The van der Waals surface area contributed by atoms with E-state index in [9.17, 15) is 9.90 Å². The topological polar surface area (TPSA) is 58.6 Å². The first-order valence-electron chi connectivity index (χ1n) is 10.4. The number of carbonyl (C=O) groups excluding carboxylic acids is 1. The highest BCUT2D eigenvalue weighted by Gasteiger charge is 2.20. The van der Waals surface area contributed by atoms with Crippen molar-refractivity contribution >= 4 is 17.4 Å². The maximum atomic E-state index is 11.7. The Morgan fingerprint density at radius 3 is 2.83 bits per heavy atom. The molecule has 0 amide bonds. The average Bonchev–Trinajstić information content (AvgIpc) is 2.91. The second kappa shape index (κ2) is 10.2. The van der Waals surface area contributed by atoms with E-state index in [0.717, 1.165) is 37.0 Å². The van der Waals surface area contributed by atoms with Gasteiger partial charge in [-0.05, 0) is 80.0 Å². The summed E-state index contributed by atoms with van der Waals surface area (Å²) in [6, 6.07) is 13.8. The number of benzene rings is 2. The number of nitrogens with one attached hydrogen (secondary N) is 1. The molecule has 0 aliphatic heterocycles. The van der Waals surface area contributed by atoms with Crippen LogP contribution in [-0.4, -0.2) is 29.6 Å². The summed E-state index contributed by atoms with van der Waals surface area (Å²) in [6.07, 6.45) is 3.76. The number of hydrogen-bond donors (Lipinski definition) is 2. The van der Waals surface area contributed by atoms with Crippen LogP contribution < -0.4 is 10.1 Å². The number of aliphatic hydroxyl groups is 1. The van der Waals surface area contributed by atoms with E-state index >= 15 is 0 Å². The second-order valence-corrected chi connectivity index (χ2v) is 8.26. The van der Waals surface area contributed by atoms with Crippen molar-refractivity contribution in [2.75, 3.05) is 6.54 Å². The van der Waals surface area contributed by atoms with E-state index in [-0.39, 0.29) is 17.9 Å². The van der Waals surface area contributed by atoms with E-state index in [1.54, 1.807) is 13.0 Å². The van der Waals surface area contributed by atoms with Crippen molar-refractivity contribution in [3.05, 3.63) is 64.2 Å². The SMILES string of the molecule is CCC(Oc1ccc2c(c1)CC(NCC(O)c1cccc(Cl)c1)CCC2)C(C)=O. The van der Waals surface area contributed by atoms with Crippen molar-refractivity contribution in [3.63, 3.8) is 0 Å². The third kappa shape index (κ3) is 6.05. The molecule has 0 saturated heterocycles. The minimum absolute atomic E-state index is 0.0528. The fraction of sp³-hybridized carbons (Fsp3) is 0.458.